The van der Waals surface area contributed by atoms with Gasteiger partial charge in [-0.2, -0.15) is 0 Å². The maximum atomic E-state index is 2.63. The number of hydrogen-bond donors (Lipinski definition) is 0. The molecule has 0 N–H and O–H groups in total. The Morgan fingerprint density at radius 2 is 1.80 bits per heavy atom. The molecule has 3 aliphatic rings. The van der Waals surface area contributed by atoms with Gasteiger partial charge in [0.25, 0.3) is 0 Å². The lowest BCUT2D eigenvalue weighted by Crippen LogP contribution is -2.38. The van der Waals surface area contributed by atoms with E-state index in [1.54, 1.807) is 0 Å². The van der Waals surface area contributed by atoms with Crippen LogP contribution in [-0.2, 0) is 0 Å². The first-order chi connectivity index (χ1) is 6.96. The van der Waals surface area contributed by atoms with E-state index >= 15 is 0 Å². The van der Waals surface area contributed by atoms with Crippen molar-refractivity contribution in [2.45, 2.75) is 65.7 Å². The molecule has 0 amide bonds. The van der Waals surface area contributed by atoms with Crippen molar-refractivity contribution in [1.82, 2.24) is 0 Å². The van der Waals surface area contributed by atoms with Crippen LogP contribution in [0.3, 0.4) is 0 Å². The molecule has 2 saturated carbocycles. The fourth-order valence-corrected chi connectivity index (χ4v) is 4.84. The van der Waals surface area contributed by atoms with E-state index in [2.05, 4.69) is 26.8 Å². The highest BCUT2D eigenvalue weighted by Gasteiger charge is 2.54. The molecule has 1 spiro atoms. The lowest BCUT2D eigenvalue weighted by atomic mass is 9.55. The summed E-state index contributed by atoms with van der Waals surface area (Å²) in [6.07, 6.45) is 12.8. The summed E-state index contributed by atoms with van der Waals surface area (Å²) in [6.45, 7) is 7.45. The first-order valence-corrected chi connectivity index (χ1v) is 6.67. The van der Waals surface area contributed by atoms with E-state index in [0.717, 1.165) is 0 Å². The second-order valence-electron chi connectivity index (χ2n) is 7.33. The van der Waals surface area contributed by atoms with Crippen LogP contribution in [0, 0.1) is 16.2 Å². The molecule has 0 aliphatic heterocycles. The second kappa shape index (κ2) is 2.70. The van der Waals surface area contributed by atoms with Crippen molar-refractivity contribution in [3.05, 3.63) is 11.6 Å². The molecule has 0 heterocycles. The maximum Gasteiger partial charge on any atom is -0.00771 e. The van der Waals surface area contributed by atoms with Gasteiger partial charge in [0.15, 0.2) is 0 Å². The first kappa shape index (κ1) is 9.93. The van der Waals surface area contributed by atoms with Crippen molar-refractivity contribution >= 4 is 0 Å². The Labute approximate surface area is 94.1 Å². The SMILES string of the molecule is CC12CC=C3C(C)(C)CCC3(CCC1)C2. The Kier molecular flexibility index (Phi) is 1.79. The van der Waals surface area contributed by atoms with E-state index in [-0.39, 0.29) is 0 Å². The van der Waals surface area contributed by atoms with Crippen LogP contribution >= 0.6 is 0 Å². The molecule has 2 unspecified atom stereocenters. The number of allylic oxidation sites excluding steroid dienone is 2. The molecule has 3 aliphatic carbocycles. The van der Waals surface area contributed by atoms with Gasteiger partial charge in [0.1, 0.15) is 0 Å². The molecule has 15 heavy (non-hydrogen) atoms. The number of hydrogen-bond acceptors (Lipinski definition) is 0. The van der Waals surface area contributed by atoms with Crippen LogP contribution < -0.4 is 0 Å². The zero-order chi connectivity index (χ0) is 10.7. The molecular weight excluding hydrogens is 180 g/mol. The molecule has 2 atom stereocenters. The summed E-state index contributed by atoms with van der Waals surface area (Å²) < 4.78 is 0. The van der Waals surface area contributed by atoms with Gasteiger partial charge in [-0.15, -0.1) is 0 Å². The van der Waals surface area contributed by atoms with Gasteiger partial charge >= 0.3 is 0 Å². The third-order valence-corrected chi connectivity index (χ3v) is 5.53. The van der Waals surface area contributed by atoms with Gasteiger partial charge in [0, 0.05) is 0 Å². The Balaban J connectivity index is 2.06. The third kappa shape index (κ3) is 1.26. The molecule has 0 aromatic rings. The van der Waals surface area contributed by atoms with Gasteiger partial charge in [0.05, 0.1) is 0 Å². The Morgan fingerprint density at radius 3 is 2.60 bits per heavy atom. The van der Waals surface area contributed by atoms with Crippen LogP contribution in [0.2, 0.25) is 0 Å². The molecule has 0 aromatic heterocycles. The van der Waals surface area contributed by atoms with Gasteiger partial charge in [0.2, 0.25) is 0 Å². The predicted molar refractivity (Wildman–Crippen MR) is 64.7 cm³/mol. The van der Waals surface area contributed by atoms with E-state index in [9.17, 15) is 0 Å². The van der Waals surface area contributed by atoms with Gasteiger partial charge in [-0.1, -0.05) is 38.8 Å². The number of fused-ring (bicyclic) bond motifs is 1. The van der Waals surface area contributed by atoms with Crippen molar-refractivity contribution in [2.24, 2.45) is 16.2 Å². The Hall–Kier alpha value is -0.260. The molecule has 0 nitrogen and oxygen atoms in total. The Morgan fingerprint density at radius 1 is 1.00 bits per heavy atom. The minimum absolute atomic E-state index is 0.513. The predicted octanol–water partition coefficient (Wildman–Crippen LogP) is 4.70. The van der Waals surface area contributed by atoms with E-state index in [0.29, 0.717) is 16.2 Å². The number of rotatable bonds is 0. The minimum atomic E-state index is 0.513. The average Bonchev–Trinajstić information content (AvgIpc) is 2.36. The van der Waals surface area contributed by atoms with Gasteiger partial charge in [-0.05, 0) is 54.8 Å². The fourth-order valence-electron chi connectivity index (χ4n) is 4.84. The highest BCUT2D eigenvalue weighted by Crippen LogP contribution is 2.66. The molecule has 0 aromatic carbocycles. The van der Waals surface area contributed by atoms with Gasteiger partial charge < -0.3 is 0 Å². The molecule has 0 radical (unpaired) electrons. The fraction of sp³-hybridized carbons (Fsp3) is 0.867. The molecule has 0 heteroatoms. The van der Waals surface area contributed by atoms with E-state index in [1.165, 1.54) is 44.9 Å². The van der Waals surface area contributed by atoms with Crippen molar-refractivity contribution in [3.63, 3.8) is 0 Å². The van der Waals surface area contributed by atoms with Crippen LogP contribution in [0.4, 0.5) is 0 Å². The molecule has 84 valence electrons. The quantitative estimate of drug-likeness (QED) is 0.502. The summed E-state index contributed by atoms with van der Waals surface area (Å²) in [5.41, 5.74) is 3.66. The molecule has 0 saturated heterocycles. The normalized spacial score (nSPS) is 47.3. The van der Waals surface area contributed by atoms with Crippen LogP contribution in [0.5, 0.6) is 0 Å². The zero-order valence-corrected chi connectivity index (χ0v) is 10.5. The molecule has 2 fully saturated rings. The Bertz CT molecular complexity index is 323. The van der Waals surface area contributed by atoms with E-state index in [1.807, 2.05) is 5.57 Å². The standard InChI is InChI=1S/C15H24/c1-13(2)9-10-15-7-4-6-14(3,11-15)8-5-12(13)15/h5H,4,6-11H2,1-3H3. The first-order valence-electron chi connectivity index (χ1n) is 6.67. The average molecular weight is 204 g/mol. The van der Waals surface area contributed by atoms with E-state index < -0.39 is 0 Å². The second-order valence-corrected chi connectivity index (χ2v) is 7.33. The largest absolute Gasteiger partial charge is 0.0837 e. The topological polar surface area (TPSA) is 0 Å². The van der Waals surface area contributed by atoms with Crippen molar-refractivity contribution < 1.29 is 0 Å². The lowest BCUT2D eigenvalue weighted by molar-refractivity contribution is 0.0882. The minimum Gasteiger partial charge on any atom is -0.0837 e. The van der Waals surface area contributed by atoms with Gasteiger partial charge in [-0.25, -0.2) is 0 Å². The molecular formula is C15H24. The lowest BCUT2D eigenvalue weighted by Gasteiger charge is -2.50. The summed E-state index contributed by atoms with van der Waals surface area (Å²) in [4.78, 5) is 0. The zero-order valence-electron chi connectivity index (χ0n) is 10.5. The third-order valence-electron chi connectivity index (χ3n) is 5.53. The summed E-state index contributed by atoms with van der Waals surface area (Å²) in [7, 11) is 0. The van der Waals surface area contributed by atoms with Gasteiger partial charge in [-0.3, -0.25) is 0 Å². The summed E-state index contributed by atoms with van der Waals surface area (Å²) in [5.74, 6) is 0. The van der Waals surface area contributed by atoms with Crippen molar-refractivity contribution in [2.75, 3.05) is 0 Å². The van der Waals surface area contributed by atoms with E-state index in [4.69, 9.17) is 0 Å². The monoisotopic (exact) mass is 204 g/mol. The van der Waals surface area contributed by atoms with Crippen LogP contribution in [0.25, 0.3) is 0 Å². The summed E-state index contributed by atoms with van der Waals surface area (Å²) in [6, 6.07) is 0. The van der Waals surface area contributed by atoms with Crippen LogP contribution in [0.15, 0.2) is 11.6 Å². The highest BCUT2D eigenvalue weighted by atomic mass is 14.6. The highest BCUT2D eigenvalue weighted by molar-refractivity contribution is 5.31. The van der Waals surface area contributed by atoms with Crippen LogP contribution in [-0.4, -0.2) is 0 Å². The molecule has 2 bridgehead atoms. The summed E-state index contributed by atoms with van der Waals surface area (Å²) in [5, 5.41) is 0. The van der Waals surface area contributed by atoms with Crippen molar-refractivity contribution in [3.8, 4) is 0 Å². The smallest absolute Gasteiger partial charge is 0.00771 e. The maximum absolute atomic E-state index is 2.63. The summed E-state index contributed by atoms with van der Waals surface area (Å²) >= 11 is 0. The van der Waals surface area contributed by atoms with Crippen LogP contribution in [0.1, 0.15) is 65.7 Å². The molecule has 3 rings (SSSR count). The van der Waals surface area contributed by atoms with Crippen molar-refractivity contribution in [1.29, 1.82) is 0 Å².